The maximum absolute atomic E-state index is 11.0. The van der Waals surface area contributed by atoms with Crippen molar-refractivity contribution in [3.05, 3.63) is 35.9 Å². The second-order valence-corrected chi connectivity index (χ2v) is 7.65. The van der Waals surface area contributed by atoms with Crippen molar-refractivity contribution in [1.29, 1.82) is 0 Å². The van der Waals surface area contributed by atoms with Gasteiger partial charge in [0.2, 0.25) is 0 Å². The molecule has 2 aliphatic rings. The first-order valence-corrected chi connectivity index (χ1v) is 9.73. The van der Waals surface area contributed by atoms with E-state index in [0.29, 0.717) is 5.92 Å². The van der Waals surface area contributed by atoms with Crippen molar-refractivity contribution in [2.45, 2.75) is 44.6 Å². The number of quaternary nitrogens is 2. The van der Waals surface area contributed by atoms with E-state index in [2.05, 4.69) is 24.3 Å². The Kier molecular flexibility index (Phi) is 6.49. The molecule has 2 fully saturated rings. The van der Waals surface area contributed by atoms with Crippen LogP contribution in [-0.2, 0) is 0 Å². The highest BCUT2D eigenvalue weighted by Crippen LogP contribution is 2.20. The van der Waals surface area contributed by atoms with Crippen molar-refractivity contribution < 1.29 is 14.9 Å². The fourth-order valence-corrected chi connectivity index (χ4v) is 4.47. The van der Waals surface area contributed by atoms with Gasteiger partial charge in [-0.2, -0.15) is 0 Å². The van der Waals surface area contributed by atoms with E-state index in [1.807, 2.05) is 6.07 Å². The number of hydrogen-bond acceptors (Lipinski definition) is 1. The van der Waals surface area contributed by atoms with Crippen LogP contribution < -0.4 is 9.80 Å². The highest BCUT2D eigenvalue weighted by atomic mass is 16.3. The van der Waals surface area contributed by atoms with Crippen molar-refractivity contribution in [2.24, 2.45) is 5.92 Å². The molecule has 3 heteroatoms. The van der Waals surface area contributed by atoms with Crippen molar-refractivity contribution in [3.8, 4) is 0 Å². The molecule has 3 nitrogen and oxygen atoms in total. The van der Waals surface area contributed by atoms with E-state index in [9.17, 15) is 5.11 Å². The zero-order chi connectivity index (χ0) is 15.9. The standard InChI is InChI=1S/C20H32N2O/c23-20(18-10-4-1-5-11-18)19(16-21-12-6-2-7-13-21)17-22-14-8-3-9-15-22/h1,4-5,10-11,19-20,23H,2-3,6-9,12-17H2/p+2. The van der Waals surface area contributed by atoms with Crippen LogP contribution in [0.1, 0.15) is 50.2 Å². The van der Waals surface area contributed by atoms with Crippen LogP contribution >= 0.6 is 0 Å². The number of rotatable bonds is 6. The summed E-state index contributed by atoms with van der Waals surface area (Å²) in [6.07, 6.45) is 7.93. The molecule has 3 rings (SSSR count). The van der Waals surface area contributed by atoms with E-state index < -0.39 is 0 Å². The second-order valence-electron chi connectivity index (χ2n) is 7.65. The second kappa shape index (κ2) is 8.81. The summed E-state index contributed by atoms with van der Waals surface area (Å²) in [4.78, 5) is 3.43. The van der Waals surface area contributed by atoms with Gasteiger partial charge in [-0.25, -0.2) is 0 Å². The van der Waals surface area contributed by atoms with E-state index in [1.54, 1.807) is 9.80 Å². The molecule has 0 spiro atoms. The number of piperidine rings is 2. The van der Waals surface area contributed by atoms with Gasteiger partial charge in [0.05, 0.1) is 51.3 Å². The molecule has 23 heavy (non-hydrogen) atoms. The fraction of sp³-hybridized carbons (Fsp3) is 0.700. The molecule has 0 radical (unpaired) electrons. The zero-order valence-electron chi connectivity index (χ0n) is 14.5. The van der Waals surface area contributed by atoms with Gasteiger partial charge in [-0.1, -0.05) is 30.3 Å². The highest BCUT2D eigenvalue weighted by molar-refractivity contribution is 5.18. The SMILES string of the molecule is OC(c1ccccc1)C(C[NH+]1CCCCC1)C[NH+]1CCCCC1. The maximum atomic E-state index is 11.0. The van der Waals surface area contributed by atoms with Crippen LogP contribution in [0.5, 0.6) is 0 Å². The van der Waals surface area contributed by atoms with Gasteiger partial charge < -0.3 is 14.9 Å². The summed E-state index contributed by atoms with van der Waals surface area (Å²) in [7, 11) is 0. The third kappa shape index (κ3) is 5.03. The minimum atomic E-state index is -0.306. The van der Waals surface area contributed by atoms with Crippen LogP contribution in [0.4, 0.5) is 0 Å². The Hall–Kier alpha value is -0.900. The van der Waals surface area contributed by atoms with Gasteiger partial charge in [-0.05, 0) is 44.1 Å². The van der Waals surface area contributed by atoms with Crippen LogP contribution in [0, 0.1) is 5.92 Å². The van der Waals surface area contributed by atoms with Gasteiger partial charge >= 0.3 is 0 Å². The van der Waals surface area contributed by atoms with Gasteiger partial charge in [0.1, 0.15) is 0 Å². The van der Waals surface area contributed by atoms with Crippen LogP contribution in [0.15, 0.2) is 30.3 Å². The molecule has 0 bridgehead atoms. The van der Waals surface area contributed by atoms with Crippen molar-refractivity contribution >= 4 is 0 Å². The number of aliphatic hydroxyl groups excluding tert-OH is 1. The minimum absolute atomic E-state index is 0.306. The molecule has 2 aliphatic heterocycles. The number of benzene rings is 1. The smallest absolute Gasteiger partial charge is 0.0926 e. The quantitative estimate of drug-likeness (QED) is 0.699. The zero-order valence-corrected chi connectivity index (χ0v) is 14.5. The minimum Gasteiger partial charge on any atom is -0.388 e. The third-order valence-corrected chi connectivity index (χ3v) is 5.81. The first-order chi connectivity index (χ1) is 11.3. The molecule has 0 saturated carbocycles. The molecule has 1 aromatic carbocycles. The van der Waals surface area contributed by atoms with Crippen LogP contribution in [0.3, 0.4) is 0 Å². The van der Waals surface area contributed by atoms with E-state index in [1.165, 1.54) is 64.7 Å². The van der Waals surface area contributed by atoms with Crippen LogP contribution in [0.2, 0.25) is 0 Å². The fourth-order valence-electron chi connectivity index (χ4n) is 4.47. The monoisotopic (exact) mass is 318 g/mol. The van der Waals surface area contributed by atoms with Gasteiger partial charge in [0, 0.05) is 0 Å². The average Bonchev–Trinajstić information content (AvgIpc) is 2.63. The van der Waals surface area contributed by atoms with Crippen LogP contribution in [-0.4, -0.2) is 44.4 Å². The normalized spacial score (nSPS) is 22.3. The molecule has 2 heterocycles. The Morgan fingerprint density at radius 1 is 0.739 bits per heavy atom. The first-order valence-electron chi connectivity index (χ1n) is 9.73. The summed E-state index contributed by atoms with van der Waals surface area (Å²) >= 11 is 0. The Morgan fingerprint density at radius 2 is 1.22 bits per heavy atom. The molecule has 2 saturated heterocycles. The van der Waals surface area contributed by atoms with E-state index in [-0.39, 0.29) is 6.10 Å². The van der Waals surface area contributed by atoms with E-state index in [0.717, 1.165) is 18.7 Å². The molecule has 1 atom stereocenters. The topological polar surface area (TPSA) is 29.1 Å². The summed E-state index contributed by atoms with van der Waals surface area (Å²) in [6.45, 7) is 7.47. The van der Waals surface area contributed by atoms with Crippen molar-refractivity contribution in [1.82, 2.24) is 0 Å². The summed E-state index contributed by atoms with van der Waals surface area (Å²) in [6, 6.07) is 10.3. The molecule has 1 aromatic rings. The summed E-state index contributed by atoms with van der Waals surface area (Å²) < 4.78 is 0. The predicted molar refractivity (Wildman–Crippen MR) is 93.7 cm³/mol. The maximum Gasteiger partial charge on any atom is 0.0926 e. The van der Waals surface area contributed by atoms with Gasteiger partial charge in [-0.3, -0.25) is 0 Å². The molecular formula is C20H34N2O+2. The predicted octanol–water partition coefficient (Wildman–Crippen LogP) is 0.474. The lowest BCUT2D eigenvalue weighted by atomic mass is 9.93. The lowest BCUT2D eigenvalue weighted by Gasteiger charge is -2.33. The first kappa shape index (κ1) is 16.9. The molecule has 0 aromatic heterocycles. The molecule has 1 unspecified atom stereocenters. The largest absolute Gasteiger partial charge is 0.388 e. The molecule has 0 aliphatic carbocycles. The lowest BCUT2D eigenvalue weighted by molar-refractivity contribution is -0.931. The summed E-state index contributed by atoms with van der Waals surface area (Å²) in [5.74, 6) is 0.388. The van der Waals surface area contributed by atoms with Gasteiger partial charge in [0.25, 0.3) is 0 Å². The number of aliphatic hydroxyl groups is 1. The van der Waals surface area contributed by atoms with Crippen molar-refractivity contribution in [2.75, 3.05) is 39.3 Å². The van der Waals surface area contributed by atoms with Crippen LogP contribution in [0.25, 0.3) is 0 Å². The molecule has 3 N–H and O–H groups in total. The lowest BCUT2D eigenvalue weighted by Crippen LogP contribution is -3.17. The third-order valence-electron chi connectivity index (χ3n) is 5.81. The highest BCUT2D eigenvalue weighted by Gasteiger charge is 2.31. The molecular weight excluding hydrogens is 284 g/mol. The Labute approximate surface area is 141 Å². The molecule has 0 amide bonds. The number of nitrogens with one attached hydrogen (secondary N) is 2. The van der Waals surface area contributed by atoms with E-state index in [4.69, 9.17) is 0 Å². The Balaban J connectivity index is 1.66. The van der Waals surface area contributed by atoms with E-state index >= 15 is 0 Å². The number of hydrogen-bond donors (Lipinski definition) is 3. The Morgan fingerprint density at radius 3 is 1.70 bits per heavy atom. The Bertz CT molecular complexity index is 418. The van der Waals surface area contributed by atoms with Gasteiger partial charge in [-0.15, -0.1) is 0 Å². The number of likely N-dealkylation sites (tertiary alicyclic amines) is 2. The summed E-state index contributed by atoms with van der Waals surface area (Å²) in [5, 5.41) is 11.0. The summed E-state index contributed by atoms with van der Waals surface area (Å²) in [5.41, 5.74) is 1.10. The average molecular weight is 319 g/mol. The van der Waals surface area contributed by atoms with Crippen molar-refractivity contribution in [3.63, 3.8) is 0 Å². The van der Waals surface area contributed by atoms with Gasteiger partial charge in [0.15, 0.2) is 0 Å². The molecule has 128 valence electrons.